The molecule has 10 heavy (non-hydrogen) atoms. The molecule has 2 nitrogen and oxygen atoms in total. The van der Waals surface area contributed by atoms with E-state index in [1.54, 1.807) is 0 Å². The Bertz CT molecular complexity index is 76.0. The number of ether oxygens (including phenoxy) is 1. The lowest BCUT2D eigenvalue weighted by molar-refractivity contribution is 0.269. The lowest BCUT2D eigenvalue weighted by Crippen LogP contribution is -1.91. The number of hydrogen-bond acceptors (Lipinski definition) is 2. The van der Waals surface area contributed by atoms with Crippen molar-refractivity contribution >= 4 is 22.4 Å². The molecule has 0 N–H and O–H groups in total. The van der Waals surface area contributed by atoms with Crippen LogP contribution in [0.2, 0.25) is 0 Å². The van der Waals surface area contributed by atoms with Crippen molar-refractivity contribution in [3.8, 4) is 0 Å². The standard InChI is InChI=1S/C7H12BrO2/c8-5-3-1-2-4-6-10-7-9/h1-6H2. The van der Waals surface area contributed by atoms with E-state index in [4.69, 9.17) is 0 Å². The van der Waals surface area contributed by atoms with Gasteiger partial charge in [0, 0.05) is 5.33 Å². The third kappa shape index (κ3) is 7.95. The maximum Gasteiger partial charge on any atom is 0.417 e. The highest BCUT2D eigenvalue weighted by Crippen LogP contribution is 2.01. The van der Waals surface area contributed by atoms with Crippen molar-refractivity contribution in [3.63, 3.8) is 0 Å². The van der Waals surface area contributed by atoms with Crippen LogP contribution in [0.15, 0.2) is 0 Å². The van der Waals surface area contributed by atoms with Crippen LogP contribution in [0.3, 0.4) is 0 Å². The molecule has 0 atom stereocenters. The molecule has 3 heteroatoms. The van der Waals surface area contributed by atoms with Gasteiger partial charge in [-0.25, -0.2) is 4.79 Å². The topological polar surface area (TPSA) is 26.3 Å². The van der Waals surface area contributed by atoms with Crippen LogP contribution < -0.4 is 0 Å². The van der Waals surface area contributed by atoms with Crippen molar-refractivity contribution in [3.05, 3.63) is 0 Å². The molecule has 0 saturated heterocycles. The maximum atomic E-state index is 9.54. The fourth-order valence-electron chi connectivity index (χ4n) is 0.664. The molecular weight excluding hydrogens is 196 g/mol. The summed E-state index contributed by atoms with van der Waals surface area (Å²) in [7, 11) is 0. The Kier molecular flexibility index (Phi) is 8.91. The third-order valence-electron chi connectivity index (χ3n) is 1.19. The van der Waals surface area contributed by atoms with Crippen LogP contribution in [0, 0.1) is 0 Å². The zero-order valence-corrected chi connectivity index (χ0v) is 7.52. The molecular formula is C7H12BrO2. The van der Waals surface area contributed by atoms with Gasteiger partial charge in [0.1, 0.15) is 0 Å². The second-order valence-corrected chi connectivity index (χ2v) is 2.83. The molecule has 0 aliphatic heterocycles. The van der Waals surface area contributed by atoms with Gasteiger partial charge in [-0.15, -0.1) is 0 Å². The number of hydrogen-bond donors (Lipinski definition) is 0. The van der Waals surface area contributed by atoms with E-state index in [1.165, 1.54) is 19.3 Å². The fraction of sp³-hybridized carbons (Fsp3) is 0.857. The molecule has 0 aliphatic carbocycles. The van der Waals surface area contributed by atoms with Gasteiger partial charge < -0.3 is 4.74 Å². The minimum atomic E-state index is 0.520. The number of unbranched alkanes of at least 4 members (excludes halogenated alkanes) is 3. The third-order valence-corrected chi connectivity index (χ3v) is 1.75. The first kappa shape index (κ1) is 9.95. The van der Waals surface area contributed by atoms with Crippen LogP contribution in [0.5, 0.6) is 0 Å². The van der Waals surface area contributed by atoms with Crippen LogP contribution >= 0.6 is 15.9 Å². The molecule has 0 aromatic rings. The van der Waals surface area contributed by atoms with E-state index in [-0.39, 0.29) is 0 Å². The summed E-state index contributed by atoms with van der Waals surface area (Å²) in [5.41, 5.74) is 0. The van der Waals surface area contributed by atoms with Crippen molar-refractivity contribution in [1.29, 1.82) is 0 Å². The highest BCUT2D eigenvalue weighted by atomic mass is 79.9. The summed E-state index contributed by atoms with van der Waals surface area (Å²) in [6.07, 6.45) is 4.49. The van der Waals surface area contributed by atoms with Gasteiger partial charge in [-0.1, -0.05) is 28.8 Å². The van der Waals surface area contributed by atoms with Crippen LogP contribution in [0.4, 0.5) is 0 Å². The summed E-state index contributed by atoms with van der Waals surface area (Å²) >= 11 is 3.34. The molecule has 0 heterocycles. The number of rotatable bonds is 7. The van der Waals surface area contributed by atoms with Crippen molar-refractivity contribution in [1.82, 2.24) is 0 Å². The lowest BCUT2D eigenvalue weighted by Gasteiger charge is -1.96. The molecule has 0 rings (SSSR count). The number of alkyl halides is 1. The van der Waals surface area contributed by atoms with Gasteiger partial charge in [-0.05, 0) is 12.8 Å². The first-order chi connectivity index (χ1) is 4.91. The molecule has 0 unspecified atom stereocenters. The predicted octanol–water partition coefficient (Wildman–Crippen LogP) is 2.03. The van der Waals surface area contributed by atoms with Crippen LogP contribution in [0.25, 0.3) is 0 Å². The van der Waals surface area contributed by atoms with Gasteiger partial charge in [-0.3, -0.25) is 0 Å². The molecule has 1 radical (unpaired) electrons. The summed E-state index contributed by atoms with van der Waals surface area (Å²) in [5.74, 6) is 0. The minimum Gasteiger partial charge on any atom is -0.457 e. The summed E-state index contributed by atoms with van der Waals surface area (Å²) in [5, 5.41) is 1.06. The molecule has 0 amide bonds. The van der Waals surface area contributed by atoms with Crippen molar-refractivity contribution in [2.75, 3.05) is 11.9 Å². The van der Waals surface area contributed by atoms with Gasteiger partial charge in [0.05, 0.1) is 6.61 Å². The molecule has 0 spiro atoms. The SMILES string of the molecule is O=[C]OCCCCCCBr. The van der Waals surface area contributed by atoms with Crippen LogP contribution in [-0.4, -0.2) is 18.4 Å². The largest absolute Gasteiger partial charge is 0.457 e. The van der Waals surface area contributed by atoms with E-state index < -0.39 is 0 Å². The Morgan fingerprint density at radius 2 is 1.90 bits per heavy atom. The van der Waals surface area contributed by atoms with Gasteiger partial charge in [-0.2, -0.15) is 0 Å². The Morgan fingerprint density at radius 3 is 2.50 bits per heavy atom. The van der Waals surface area contributed by atoms with E-state index in [2.05, 4.69) is 20.7 Å². The molecule has 59 valence electrons. The maximum absolute atomic E-state index is 9.54. The first-order valence-electron chi connectivity index (χ1n) is 3.46. The number of carbonyl (C=O) groups excluding carboxylic acids is 1. The van der Waals surface area contributed by atoms with Crippen molar-refractivity contribution in [2.24, 2.45) is 0 Å². The Hall–Kier alpha value is -0.0500. The Morgan fingerprint density at radius 1 is 1.20 bits per heavy atom. The van der Waals surface area contributed by atoms with E-state index in [9.17, 15) is 4.79 Å². The average molecular weight is 208 g/mol. The minimum absolute atomic E-state index is 0.520. The van der Waals surface area contributed by atoms with Gasteiger partial charge in [0.25, 0.3) is 0 Å². The molecule has 0 aromatic carbocycles. The predicted molar refractivity (Wildman–Crippen MR) is 43.9 cm³/mol. The first-order valence-corrected chi connectivity index (χ1v) is 4.59. The fourth-order valence-corrected chi connectivity index (χ4v) is 1.06. The van der Waals surface area contributed by atoms with Gasteiger partial charge in [0.2, 0.25) is 0 Å². The highest BCUT2D eigenvalue weighted by molar-refractivity contribution is 9.09. The summed E-state index contributed by atoms with van der Waals surface area (Å²) in [6.45, 7) is 1.92. The average Bonchev–Trinajstić information content (AvgIpc) is 1.97. The molecule has 0 fully saturated rings. The van der Waals surface area contributed by atoms with E-state index in [0.29, 0.717) is 6.61 Å². The van der Waals surface area contributed by atoms with Crippen LogP contribution in [0.1, 0.15) is 25.7 Å². The second-order valence-electron chi connectivity index (χ2n) is 2.03. The number of halogens is 1. The van der Waals surface area contributed by atoms with E-state index >= 15 is 0 Å². The lowest BCUT2D eigenvalue weighted by atomic mass is 10.2. The smallest absolute Gasteiger partial charge is 0.417 e. The molecule has 0 aliphatic rings. The molecule has 0 bridgehead atoms. The normalized spacial score (nSPS) is 9.30. The van der Waals surface area contributed by atoms with Crippen molar-refractivity contribution < 1.29 is 9.53 Å². The van der Waals surface area contributed by atoms with Gasteiger partial charge >= 0.3 is 6.47 Å². The second kappa shape index (κ2) is 8.95. The molecule has 0 aromatic heterocycles. The van der Waals surface area contributed by atoms with E-state index in [0.717, 1.165) is 18.2 Å². The Labute approximate surface area is 70.1 Å². The van der Waals surface area contributed by atoms with E-state index in [1.807, 2.05) is 0 Å². The highest BCUT2D eigenvalue weighted by Gasteiger charge is 1.88. The molecule has 0 saturated carbocycles. The zero-order valence-electron chi connectivity index (χ0n) is 5.94. The van der Waals surface area contributed by atoms with Crippen molar-refractivity contribution in [2.45, 2.75) is 25.7 Å². The van der Waals surface area contributed by atoms with Gasteiger partial charge in [0.15, 0.2) is 0 Å². The Balaban J connectivity index is 2.70. The summed E-state index contributed by atoms with van der Waals surface area (Å²) in [4.78, 5) is 9.54. The summed E-state index contributed by atoms with van der Waals surface area (Å²) < 4.78 is 4.40. The monoisotopic (exact) mass is 207 g/mol. The summed E-state index contributed by atoms with van der Waals surface area (Å²) in [6, 6.07) is 0. The zero-order chi connectivity index (χ0) is 7.66. The van der Waals surface area contributed by atoms with Crippen LogP contribution in [-0.2, 0) is 9.53 Å². The quantitative estimate of drug-likeness (QED) is 0.472.